The molecule has 0 aromatic carbocycles. The summed E-state index contributed by atoms with van der Waals surface area (Å²) in [6.45, 7) is 4.27. The van der Waals surface area contributed by atoms with Crippen LogP contribution >= 0.6 is 11.3 Å². The number of carboxylic acids is 1. The second kappa shape index (κ2) is 7.17. The van der Waals surface area contributed by atoms with Crippen molar-refractivity contribution in [2.24, 2.45) is 0 Å². The summed E-state index contributed by atoms with van der Waals surface area (Å²) in [5.41, 5.74) is 0.433. The molecule has 0 unspecified atom stereocenters. The molecule has 0 saturated heterocycles. The van der Waals surface area contributed by atoms with Gasteiger partial charge in [0.1, 0.15) is 16.5 Å². The maximum Gasteiger partial charge on any atom is 0.339 e. The number of thiophene rings is 1. The molecule has 2 aromatic heterocycles. The van der Waals surface area contributed by atoms with E-state index < -0.39 is 11.9 Å². The lowest BCUT2D eigenvalue weighted by atomic mass is 10.2. The van der Waals surface area contributed by atoms with Gasteiger partial charge >= 0.3 is 11.9 Å². The smallest absolute Gasteiger partial charge is 0.339 e. The third-order valence-electron chi connectivity index (χ3n) is 2.90. The molecular weight excluding hydrogens is 306 g/mol. The minimum absolute atomic E-state index is 0.0780. The molecule has 0 radical (unpaired) electrons. The first-order chi connectivity index (χ1) is 10.5. The number of carbonyl (C=O) groups excluding carboxylic acids is 1. The van der Waals surface area contributed by atoms with Crippen molar-refractivity contribution in [2.45, 2.75) is 26.7 Å². The Morgan fingerprint density at radius 1 is 1.41 bits per heavy atom. The number of anilines is 1. The molecule has 0 amide bonds. The number of aryl methyl sites for hydroxylation is 1. The molecular formula is C14H17N3O4S. The van der Waals surface area contributed by atoms with Gasteiger partial charge in [0.2, 0.25) is 0 Å². The molecule has 2 heterocycles. The third-order valence-corrected chi connectivity index (χ3v) is 3.77. The summed E-state index contributed by atoms with van der Waals surface area (Å²) in [6, 6.07) is 0. The highest BCUT2D eigenvalue weighted by atomic mass is 32.1. The Balaban J connectivity index is 2.28. The number of carbonyl (C=O) groups is 2. The van der Waals surface area contributed by atoms with Gasteiger partial charge in [0, 0.05) is 18.3 Å². The van der Waals surface area contributed by atoms with Gasteiger partial charge in [0.25, 0.3) is 0 Å². The van der Waals surface area contributed by atoms with Crippen LogP contribution in [0.25, 0.3) is 10.2 Å². The number of aromatic nitrogens is 2. The van der Waals surface area contributed by atoms with E-state index in [9.17, 15) is 9.59 Å². The van der Waals surface area contributed by atoms with Crippen LogP contribution in [0.1, 0.15) is 35.9 Å². The Bertz CT molecular complexity index is 699. The highest BCUT2D eigenvalue weighted by Crippen LogP contribution is 2.30. The molecule has 22 heavy (non-hydrogen) atoms. The molecule has 0 saturated carbocycles. The fourth-order valence-corrected chi connectivity index (χ4v) is 2.93. The van der Waals surface area contributed by atoms with Gasteiger partial charge in [-0.15, -0.1) is 11.3 Å². The Morgan fingerprint density at radius 3 is 2.86 bits per heavy atom. The van der Waals surface area contributed by atoms with Gasteiger partial charge in [-0.3, -0.25) is 4.79 Å². The van der Waals surface area contributed by atoms with Gasteiger partial charge in [-0.25, -0.2) is 14.8 Å². The second-order valence-electron chi connectivity index (χ2n) is 4.59. The van der Waals surface area contributed by atoms with Crippen LogP contribution in [-0.2, 0) is 9.53 Å². The fourth-order valence-electron chi connectivity index (χ4n) is 1.98. The molecule has 0 spiro atoms. The molecule has 118 valence electrons. The molecule has 0 bridgehead atoms. The topological polar surface area (TPSA) is 101 Å². The van der Waals surface area contributed by atoms with Gasteiger partial charge in [0.05, 0.1) is 17.6 Å². The van der Waals surface area contributed by atoms with Gasteiger partial charge in [-0.1, -0.05) is 0 Å². The van der Waals surface area contributed by atoms with Crippen LogP contribution in [0.15, 0.2) is 5.38 Å². The van der Waals surface area contributed by atoms with Crippen LogP contribution in [0.2, 0.25) is 0 Å². The van der Waals surface area contributed by atoms with E-state index in [0.29, 0.717) is 47.0 Å². The molecule has 2 N–H and O–H groups in total. The third kappa shape index (κ3) is 3.70. The minimum atomic E-state index is -0.839. The van der Waals surface area contributed by atoms with Crippen molar-refractivity contribution in [3.63, 3.8) is 0 Å². The van der Waals surface area contributed by atoms with Crippen molar-refractivity contribution >= 4 is 39.3 Å². The van der Waals surface area contributed by atoms with E-state index >= 15 is 0 Å². The summed E-state index contributed by atoms with van der Waals surface area (Å²) in [5, 5.41) is 14.1. The molecule has 0 atom stereocenters. The number of ether oxygens (including phenoxy) is 1. The maximum absolute atomic E-state index is 12.0. The summed E-state index contributed by atoms with van der Waals surface area (Å²) >= 11 is 1.35. The zero-order chi connectivity index (χ0) is 16.1. The van der Waals surface area contributed by atoms with Crippen LogP contribution in [0, 0.1) is 6.92 Å². The molecule has 8 heteroatoms. The summed E-state index contributed by atoms with van der Waals surface area (Å²) in [7, 11) is 0. The standard InChI is InChI=1S/C14H17N3O4S/c1-3-21-14(20)9-7-22-13-11(9)12(16-8(2)17-13)15-6-4-5-10(18)19/h7H,3-6H2,1-2H3,(H,18,19)(H,15,16,17). The highest BCUT2D eigenvalue weighted by molar-refractivity contribution is 7.17. The number of hydrogen-bond donors (Lipinski definition) is 2. The van der Waals surface area contributed by atoms with E-state index in [1.54, 1.807) is 19.2 Å². The number of fused-ring (bicyclic) bond motifs is 1. The first kappa shape index (κ1) is 16.2. The monoisotopic (exact) mass is 323 g/mol. The van der Waals surface area contributed by atoms with Gasteiger partial charge in [0.15, 0.2) is 0 Å². The van der Waals surface area contributed by atoms with Crippen LogP contribution in [0.4, 0.5) is 5.82 Å². The predicted octanol–water partition coefficient (Wildman–Crippen LogP) is 2.45. The lowest BCUT2D eigenvalue weighted by Gasteiger charge is -2.08. The first-order valence-electron chi connectivity index (χ1n) is 6.91. The number of rotatable bonds is 7. The molecule has 2 aromatic rings. The van der Waals surface area contributed by atoms with Crippen molar-refractivity contribution in [2.75, 3.05) is 18.5 Å². The average Bonchev–Trinajstić information content (AvgIpc) is 2.87. The molecule has 7 nitrogen and oxygen atoms in total. The van der Waals surface area contributed by atoms with Crippen LogP contribution in [0.5, 0.6) is 0 Å². The Morgan fingerprint density at radius 2 is 2.18 bits per heavy atom. The van der Waals surface area contributed by atoms with Crippen molar-refractivity contribution in [1.82, 2.24) is 9.97 Å². The highest BCUT2D eigenvalue weighted by Gasteiger charge is 2.18. The lowest BCUT2D eigenvalue weighted by molar-refractivity contribution is -0.137. The number of esters is 1. The number of carboxylic acid groups (broad SMARTS) is 1. The van der Waals surface area contributed by atoms with E-state index in [4.69, 9.17) is 9.84 Å². The van der Waals surface area contributed by atoms with Crippen molar-refractivity contribution < 1.29 is 19.4 Å². The Hall–Kier alpha value is -2.22. The van der Waals surface area contributed by atoms with Gasteiger partial charge in [-0.2, -0.15) is 0 Å². The normalized spacial score (nSPS) is 10.6. The van der Waals surface area contributed by atoms with Gasteiger partial charge in [-0.05, 0) is 20.3 Å². The summed E-state index contributed by atoms with van der Waals surface area (Å²) in [4.78, 5) is 31.9. The van der Waals surface area contributed by atoms with E-state index in [-0.39, 0.29) is 6.42 Å². The zero-order valence-electron chi connectivity index (χ0n) is 12.4. The molecule has 0 aliphatic rings. The number of nitrogens with zero attached hydrogens (tertiary/aromatic N) is 2. The van der Waals surface area contributed by atoms with Crippen LogP contribution in [0.3, 0.4) is 0 Å². The first-order valence-corrected chi connectivity index (χ1v) is 7.79. The Labute approximate surface area is 131 Å². The quantitative estimate of drug-likeness (QED) is 0.596. The molecule has 0 fully saturated rings. The van der Waals surface area contributed by atoms with E-state index in [2.05, 4.69) is 15.3 Å². The lowest BCUT2D eigenvalue weighted by Crippen LogP contribution is -2.09. The fraction of sp³-hybridized carbons (Fsp3) is 0.429. The van der Waals surface area contributed by atoms with Crippen molar-refractivity contribution in [1.29, 1.82) is 0 Å². The summed E-state index contributed by atoms with van der Waals surface area (Å²) < 4.78 is 5.04. The maximum atomic E-state index is 12.0. The van der Waals surface area contributed by atoms with E-state index in [1.807, 2.05) is 0 Å². The van der Waals surface area contributed by atoms with Crippen molar-refractivity contribution in [3.8, 4) is 0 Å². The van der Waals surface area contributed by atoms with Crippen LogP contribution < -0.4 is 5.32 Å². The number of nitrogens with one attached hydrogen (secondary N) is 1. The number of hydrogen-bond acceptors (Lipinski definition) is 7. The SMILES string of the molecule is CCOC(=O)c1csc2nc(C)nc(NCCCC(=O)O)c12. The Kier molecular flexibility index (Phi) is 5.26. The minimum Gasteiger partial charge on any atom is -0.481 e. The summed E-state index contributed by atoms with van der Waals surface area (Å²) in [6.07, 6.45) is 0.549. The van der Waals surface area contributed by atoms with Gasteiger partial charge < -0.3 is 15.2 Å². The van der Waals surface area contributed by atoms with Crippen LogP contribution in [-0.4, -0.2) is 40.2 Å². The zero-order valence-corrected chi connectivity index (χ0v) is 13.2. The van der Waals surface area contributed by atoms with E-state index in [0.717, 1.165) is 0 Å². The largest absolute Gasteiger partial charge is 0.481 e. The predicted molar refractivity (Wildman–Crippen MR) is 83.5 cm³/mol. The number of aliphatic carboxylic acids is 1. The summed E-state index contributed by atoms with van der Waals surface area (Å²) in [5.74, 6) is -0.119. The molecule has 0 aliphatic carbocycles. The average molecular weight is 323 g/mol. The second-order valence-corrected chi connectivity index (χ2v) is 5.45. The van der Waals surface area contributed by atoms with E-state index in [1.165, 1.54) is 11.3 Å². The molecule has 2 rings (SSSR count). The van der Waals surface area contributed by atoms with Crippen molar-refractivity contribution in [3.05, 3.63) is 16.8 Å². The molecule has 0 aliphatic heterocycles.